The zero-order valence-electron chi connectivity index (χ0n) is 26.8. The van der Waals surface area contributed by atoms with Crippen LogP contribution >= 0.6 is 0 Å². The van der Waals surface area contributed by atoms with E-state index in [0.29, 0.717) is 46.6 Å². The highest BCUT2D eigenvalue weighted by Gasteiger charge is 2.23. The maximum absolute atomic E-state index is 14.2. The predicted octanol–water partition coefficient (Wildman–Crippen LogP) is 5.43. The van der Waals surface area contributed by atoms with Crippen LogP contribution in [0.5, 0.6) is 5.75 Å². The van der Waals surface area contributed by atoms with Gasteiger partial charge in [0, 0.05) is 72.6 Å². The first kappa shape index (κ1) is 33.3. The molecule has 2 atom stereocenters. The number of hydrogen-bond acceptors (Lipinski definition) is 8. The van der Waals surface area contributed by atoms with Gasteiger partial charge in [-0.2, -0.15) is 4.39 Å². The van der Waals surface area contributed by atoms with Crippen molar-refractivity contribution in [2.24, 2.45) is 11.7 Å². The lowest BCUT2D eigenvalue weighted by molar-refractivity contribution is -0.154. The highest BCUT2D eigenvalue weighted by Crippen LogP contribution is 2.36. The fourth-order valence-corrected chi connectivity index (χ4v) is 4.95. The Morgan fingerprint density at radius 2 is 1.80 bits per heavy atom. The number of carbonyl (C=O) groups excluding carboxylic acids is 2. The van der Waals surface area contributed by atoms with Crippen molar-refractivity contribution in [1.82, 2.24) is 19.4 Å². The standard InChI is InChI=1S/C34H41FN6O4/c1-21(2)13-30(36)34(43)45-22(3)41-20-29(23-10-11-37-31(35)17-23)28-16-25(19-38-33(28)41)24-14-26(18-27(15-24)44-7)40(6)32(42)9-8-12-39(4)5/h8-11,14-22,30H,12-13,36H2,1-7H3/b9-8+/t22?,30-/m0/s1. The average Bonchev–Trinajstić information content (AvgIpc) is 3.39. The summed E-state index contributed by atoms with van der Waals surface area (Å²) in [7, 11) is 7.13. The minimum atomic E-state index is -0.752. The van der Waals surface area contributed by atoms with E-state index < -0.39 is 24.2 Å². The minimum absolute atomic E-state index is 0.180. The third-order valence-corrected chi connectivity index (χ3v) is 7.32. The predicted molar refractivity (Wildman–Crippen MR) is 174 cm³/mol. The van der Waals surface area contributed by atoms with E-state index in [9.17, 15) is 14.0 Å². The van der Waals surface area contributed by atoms with Crippen molar-refractivity contribution in [3.05, 3.63) is 73.1 Å². The Morgan fingerprint density at radius 3 is 2.47 bits per heavy atom. The minimum Gasteiger partial charge on any atom is -0.497 e. The van der Waals surface area contributed by atoms with Gasteiger partial charge >= 0.3 is 5.97 Å². The van der Waals surface area contributed by atoms with Crippen LogP contribution in [0.25, 0.3) is 33.3 Å². The first-order valence-electron chi connectivity index (χ1n) is 14.7. The van der Waals surface area contributed by atoms with E-state index in [1.54, 1.807) is 61.2 Å². The monoisotopic (exact) mass is 616 g/mol. The van der Waals surface area contributed by atoms with Gasteiger partial charge in [0.15, 0.2) is 6.23 Å². The maximum atomic E-state index is 14.2. The van der Waals surface area contributed by atoms with Gasteiger partial charge in [-0.3, -0.25) is 14.2 Å². The van der Waals surface area contributed by atoms with Crippen molar-refractivity contribution in [2.75, 3.05) is 39.7 Å². The number of benzene rings is 1. The molecule has 0 aliphatic heterocycles. The van der Waals surface area contributed by atoms with E-state index in [-0.39, 0.29) is 11.8 Å². The van der Waals surface area contributed by atoms with Gasteiger partial charge < -0.3 is 25.0 Å². The maximum Gasteiger partial charge on any atom is 0.324 e. The molecule has 3 heterocycles. The lowest BCUT2D eigenvalue weighted by atomic mass is 10.0. The molecule has 1 amide bonds. The molecule has 1 aromatic carbocycles. The number of carbonyl (C=O) groups is 2. The van der Waals surface area contributed by atoms with Crippen molar-refractivity contribution in [3.63, 3.8) is 0 Å². The van der Waals surface area contributed by atoms with Crippen LogP contribution in [0.15, 0.2) is 67.1 Å². The second-order valence-corrected chi connectivity index (χ2v) is 11.7. The van der Waals surface area contributed by atoms with E-state index in [0.717, 1.165) is 11.1 Å². The number of pyridine rings is 2. The number of ether oxygens (including phenoxy) is 2. The molecule has 0 aliphatic carbocycles. The number of nitrogens with two attached hydrogens (primary N) is 1. The number of fused-ring (bicyclic) bond motifs is 1. The Hall–Kier alpha value is -4.61. The van der Waals surface area contributed by atoms with Crippen LogP contribution in [-0.2, 0) is 14.3 Å². The Morgan fingerprint density at radius 1 is 1.04 bits per heavy atom. The Labute approximate surface area is 263 Å². The molecular weight excluding hydrogens is 575 g/mol. The second-order valence-electron chi connectivity index (χ2n) is 11.7. The number of halogens is 1. The second kappa shape index (κ2) is 14.4. The van der Waals surface area contributed by atoms with E-state index in [2.05, 4.69) is 4.98 Å². The summed E-state index contributed by atoms with van der Waals surface area (Å²) in [5, 5.41) is 0.702. The Bertz CT molecular complexity index is 1700. The summed E-state index contributed by atoms with van der Waals surface area (Å²) in [6, 6.07) is 9.76. The van der Waals surface area contributed by atoms with Gasteiger partial charge in [0.05, 0.1) is 7.11 Å². The van der Waals surface area contributed by atoms with Gasteiger partial charge in [-0.15, -0.1) is 0 Å². The Kier molecular flexibility index (Phi) is 10.7. The number of amides is 1. The fourth-order valence-electron chi connectivity index (χ4n) is 4.95. The number of rotatable bonds is 12. The zero-order chi connectivity index (χ0) is 32.8. The summed E-state index contributed by atoms with van der Waals surface area (Å²) < 4.78 is 27.3. The summed E-state index contributed by atoms with van der Waals surface area (Å²) >= 11 is 0. The van der Waals surface area contributed by atoms with Crippen molar-refractivity contribution < 1.29 is 23.5 Å². The largest absolute Gasteiger partial charge is 0.497 e. The molecule has 0 saturated heterocycles. The summed E-state index contributed by atoms with van der Waals surface area (Å²) in [5.74, 6) is -0.517. The molecule has 45 heavy (non-hydrogen) atoms. The SMILES string of the molecule is COc1cc(-c2cnc3c(c2)c(-c2ccnc(F)c2)cn3C(C)OC(=O)[C@@H](N)CC(C)C)cc(N(C)C(=O)/C=C/CN(C)C)c1. The lowest BCUT2D eigenvalue weighted by Crippen LogP contribution is -2.34. The highest BCUT2D eigenvalue weighted by molar-refractivity contribution is 6.02. The molecule has 238 valence electrons. The molecule has 4 aromatic rings. The number of aromatic nitrogens is 3. The van der Waals surface area contributed by atoms with Gasteiger partial charge in [0.2, 0.25) is 11.9 Å². The van der Waals surface area contributed by atoms with Crippen LogP contribution in [-0.4, -0.2) is 72.2 Å². The zero-order valence-corrected chi connectivity index (χ0v) is 26.8. The van der Waals surface area contributed by atoms with Crippen molar-refractivity contribution in [2.45, 2.75) is 39.5 Å². The quantitative estimate of drug-likeness (QED) is 0.127. The van der Waals surface area contributed by atoms with Crippen LogP contribution in [0, 0.1) is 11.9 Å². The van der Waals surface area contributed by atoms with Crippen LogP contribution < -0.4 is 15.4 Å². The van der Waals surface area contributed by atoms with Gasteiger partial charge in [-0.1, -0.05) is 19.9 Å². The number of hydrogen-bond donors (Lipinski definition) is 1. The summed E-state index contributed by atoms with van der Waals surface area (Å²) in [6.07, 6.45) is 7.99. The topological polar surface area (TPSA) is 116 Å². The summed E-state index contributed by atoms with van der Waals surface area (Å²) in [4.78, 5) is 37.6. The number of methoxy groups -OCH3 is 1. The van der Waals surface area contributed by atoms with E-state index in [1.165, 1.54) is 12.3 Å². The molecular formula is C34H41FN6O4. The average molecular weight is 617 g/mol. The Balaban J connectivity index is 1.78. The third-order valence-electron chi connectivity index (χ3n) is 7.32. The van der Waals surface area contributed by atoms with Crippen LogP contribution in [0.4, 0.5) is 10.1 Å². The van der Waals surface area contributed by atoms with Crippen LogP contribution in [0.2, 0.25) is 0 Å². The summed E-state index contributed by atoms with van der Waals surface area (Å²) in [6.45, 7) is 6.35. The van der Waals surface area contributed by atoms with Crippen molar-refractivity contribution >= 4 is 28.6 Å². The van der Waals surface area contributed by atoms with Gasteiger partial charge in [-0.25, -0.2) is 9.97 Å². The lowest BCUT2D eigenvalue weighted by Gasteiger charge is -2.19. The highest BCUT2D eigenvalue weighted by atomic mass is 19.1. The molecule has 1 unspecified atom stereocenters. The van der Waals surface area contributed by atoms with Gasteiger partial charge in [0.25, 0.3) is 0 Å². The normalized spacial score (nSPS) is 13.0. The molecule has 0 fully saturated rings. The number of esters is 1. The third kappa shape index (κ3) is 8.11. The van der Waals surface area contributed by atoms with E-state index in [4.69, 9.17) is 20.2 Å². The molecule has 10 nitrogen and oxygen atoms in total. The first-order chi connectivity index (χ1) is 21.4. The molecule has 0 aliphatic rings. The molecule has 0 bridgehead atoms. The first-order valence-corrected chi connectivity index (χ1v) is 14.7. The number of anilines is 1. The molecule has 4 rings (SSSR count). The molecule has 0 saturated carbocycles. The molecule has 0 spiro atoms. The van der Waals surface area contributed by atoms with E-state index >= 15 is 0 Å². The van der Waals surface area contributed by atoms with Crippen LogP contribution in [0.1, 0.15) is 33.4 Å². The van der Waals surface area contributed by atoms with Gasteiger partial charge in [0.1, 0.15) is 17.4 Å². The molecule has 0 radical (unpaired) electrons. The number of nitrogens with zero attached hydrogens (tertiary/aromatic N) is 5. The molecule has 11 heteroatoms. The molecule has 3 aromatic heterocycles. The smallest absolute Gasteiger partial charge is 0.324 e. The number of likely N-dealkylation sites (N-methyl/N-ethyl adjacent to an activating group) is 2. The van der Waals surface area contributed by atoms with Crippen LogP contribution in [0.3, 0.4) is 0 Å². The van der Waals surface area contributed by atoms with Crippen molar-refractivity contribution in [3.8, 4) is 28.0 Å². The molecule has 2 N–H and O–H groups in total. The fraction of sp³-hybridized carbons (Fsp3) is 0.353. The summed E-state index contributed by atoms with van der Waals surface area (Å²) in [5.41, 5.74) is 10.0. The van der Waals surface area contributed by atoms with Gasteiger partial charge in [-0.05, 0) is 68.8 Å². The van der Waals surface area contributed by atoms with Crippen molar-refractivity contribution in [1.29, 1.82) is 0 Å². The van der Waals surface area contributed by atoms with E-state index in [1.807, 2.05) is 57.1 Å².